The molecule has 0 amide bonds. The van der Waals surface area contributed by atoms with Crippen LogP contribution >= 0.6 is 0 Å². The monoisotopic (exact) mass is 260 g/mol. The molecule has 2 aromatic rings. The number of ether oxygens (including phenoxy) is 1. The van der Waals surface area contributed by atoms with Crippen molar-refractivity contribution in [3.8, 4) is 5.75 Å². The first-order chi connectivity index (χ1) is 9.28. The molecule has 1 aromatic heterocycles. The van der Waals surface area contributed by atoms with Gasteiger partial charge in [0.05, 0.1) is 6.61 Å². The van der Waals surface area contributed by atoms with Crippen molar-refractivity contribution >= 4 is 0 Å². The van der Waals surface area contributed by atoms with Crippen LogP contribution in [0.2, 0.25) is 0 Å². The lowest BCUT2D eigenvalue weighted by Crippen LogP contribution is -2.06. The number of benzene rings is 1. The topological polar surface area (TPSA) is 34.1 Å². The highest BCUT2D eigenvalue weighted by Gasteiger charge is 2.02. The summed E-state index contributed by atoms with van der Waals surface area (Å²) < 4.78 is 19.0. The van der Waals surface area contributed by atoms with E-state index in [2.05, 4.69) is 10.3 Å². The van der Waals surface area contributed by atoms with E-state index in [0.717, 1.165) is 17.5 Å². The molecule has 0 radical (unpaired) electrons. The highest BCUT2D eigenvalue weighted by Crippen LogP contribution is 2.16. The van der Waals surface area contributed by atoms with Crippen molar-refractivity contribution in [2.75, 3.05) is 13.7 Å². The molecule has 3 nitrogen and oxygen atoms in total. The fourth-order valence-electron chi connectivity index (χ4n) is 1.84. The highest BCUT2D eigenvalue weighted by molar-refractivity contribution is 5.29. The van der Waals surface area contributed by atoms with Crippen LogP contribution in [-0.4, -0.2) is 18.6 Å². The van der Waals surface area contributed by atoms with E-state index in [1.54, 1.807) is 12.4 Å². The van der Waals surface area contributed by atoms with Crippen molar-refractivity contribution in [1.82, 2.24) is 10.3 Å². The maximum absolute atomic E-state index is 13.4. The Morgan fingerprint density at radius 3 is 2.89 bits per heavy atom. The lowest BCUT2D eigenvalue weighted by atomic mass is 10.2. The molecule has 0 bridgehead atoms. The summed E-state index contributed by atoms with van der Waals surface area (Å²) in [6.07, 6.45) is 4.30. The maximum Gasteiger partial charge on any atom is 0.127 e. The Morgan fingerprint density at radius 1 is 1.26 bits per heavy atom. The Morgan fingerprint density at radius 2 is 2.16 bits per heavy atom. The first-order valence-electron chi connectivity index (χ1n) is 6.23. The van der Waals surface area contributed by atoms with Gasteiger partial charge in [-0.15, -0.1) is 0 Å². The van der Waals surface area contributed by atoms with Gasteiger partial charge in [0, 0.05) is 31.4 Å². The predicted octanol–water partition coefficient (Wildman–Crippen LogP) is 2.56. The van der Waals surface area contributed by atoms with Gasteiger partial charge < -0.3 is 10.1 Å². The summed E-state index contributed by atoms with van der Waals surface area (Å²) in [5.41, 5.74) is 1.98. The molecule has 4 heteroatoms. The molecular formula is C15H17FN2O. The third-order valence-corrected chi connectivity index (χ3v) is 2.69. The summed E-state index contributed by atoms with van der Waals surface area (Å²) in [6.45, 7) is 1.13. The molecule has 0 spiro atoms. The second-order valence-electron chi connectivity index (χ2n) is 4.29. The van der Waals surface area contributed by atoms with Gasteiger partial charge in [0.2, 0.25) is 0 Å². The molecule has 1 heterocycles. The van der Waals surface area contributed by atoms with Gasteiger partial charge in [0.15, 0.2) is 0 Å². The maximum atomic E-state index is 13.4. The molecule has 2 rings (SSSR count). The lowest BCUT2D eigenvalue weighted by Gasteiger charge is -2.08. The summed E-state index contributed by atoms with van der Waals surface area (Å²) in [7, 11) is 1.83. The van der Waals surface area contributed by atoms with Gasteiger partial charge in [-0.3, -0.25) is 4.98 Å². The molecule has 1 aromatic carbocycles. The molecule has 0 aliphatic rings. The molecule has 0 atom stereocenters. The average Bonchev–Trinajstić information content (AvgIpc) is 2.40. The molecule has 0 aliphatic carbocycles. The number of nitrogens with zero attached hydrogens (tertiary/aromatic N) is 1. The molecular weight excluding hydrogens is 243 g/mol. The third-order valence-electron chi connectivity index (χ3n) is 2.69. The van der Waals surface area contributed by atoms with Crippen LogP contribution < -0.4 is 10.1 Å². The SMILES string of the molecule is CNCc1cc(F)cc(OCCc2cccnc2)c1. The normalized spacial score (nSPS) is 10.4. The van der Waals surface area contributed by atoms with Gasteiger partial charge in [0.25, 0.3) is 0 Å². The van der Waals surface area contributed by atoms with E-state index in [0.29, 0.717) is 18.9 Å². The quantitative estimate of drug-likeness (QED) is 0.866. The molecule has 0 fully saturated rings. The Balaban J connectivity index is 1.92. The fourth-order valence-corrected chi connectivity index (χ4v) is 1.84. The molecule has 0 unspecified atom stereocenters. The smallest absolute Gasteiger partial charge is 0.127 e. The summed E-state index contributed by atoms with van der Waals surface area (Å²) in [6, 6.07) is 8.65. The summed E-state index contributed by atoms with van der Waals surface area (Å²) in [5, 5.41) is 2.99. The van der Waals surface area contributed by atoms with Gasteiger partial charge >= 0.3 is 0 Å². The van der Waals surface area contributed by atoms with Crippen LogP contribution in [0.25, 0.3) is 0 Å². The van der Waals surface area contributed by atoms with Gasteiger partial charge in [-0.2, -0.15) is 0 Å². The van der Waals surface area contributed by atoms with Crippen LogP contribution in [0.4, 0.5) is 4.39 Å². The molecule has 100 valence electrons. The highest BCUT2D eigenvalue weighted by atomic mass is 19.1. The minimum atomic E-state index is -0.274. The zero-order valence-electron chi connectivity index (χ0n) is 10.9. The largest absolute Gasteiger partial charge is 0.493 e. The van der Waals surface area contributed by atoms with Crippen LogP contribution in [0, 0.1) is 5.82 Å². The van der Waals surface area contributed by atoms with Crippen molar-refractivity contribution < 1.29 is 9.13 Å². The number of halogens is 1. The molecule has 0 saturated heterocycles. The summed E-state index contributed by atoms with van der Waals surface area (Å²) in [5.74, 6) is 0.290. The van der Waals surface area contributed by atoms with E-state index in [1.807, 2.05) is 25.2 Å². The van der Waals surface area contributed by atoms with Crippen molar-refractivity contribution in [3.05, 3.63) is 59.7 Å². The standard InChI is InChI=1S/C15H17FN2O/c1-17-10-13-7-14(16)9-15(8-13)19-6-4-12-3-2-5-18-11-12/h2-3,5,7-9,11,17H,4,6,10H2,1H3. The van der Waals surface area contributed by atoms with E-state index in [9.17, 15) is 4.39 Å². The molecule has 0 saturated carbocycles. The van der Waals surface area contributed by atoms with Crippen molar-refractivity contribution in [2.45, 2.75) is 13.0 Å². The Labute approximate surface area is 112 Å². The average molecular weight is 260 g/mol. The molecule has 1 N–H and O–H groups in total. The van der Waals surface area contributed by atoms with Crippen LogP contribution in [0.5, 0.6) is 5.75 Å². The first kappa shape index (κ1) is 13.5. The number of aromatic nitrogens is 1. The minimum absolute atomic E-state index is 0.274. The number of nitrogens with one attached hydrogen (secondary N) is 1. The van der Waals surface area contributed by atoms with Gasteiger partial charge in [-0.05, 0) is 36.4 Å². The van der Waals surface area contributed by atoms with Gasteiger partial charge in [-0.1, -0.05) is 6.07 Å². The first-order valence-corrected chi connectivity index (χ1v) is 6.23. The van der Waals surface area contributed by atoms with Crippen LogP contribution in [0.15, 0.2) is 42.7 Å². The van der Waals surface area contributed by atoms with Gasteiger partial charge in [-0.25, -0.2) is 4.39 Å². The van der Waals surface area contributed by atoms with Crippen molar-refractivity contribution in [2.24, 2.45) is 0 Å². The lowest BCUT2D eigenvalue weighted by molar-refractivity contribution is 0.319. The third kappa shape index (κ3) is 4.34. The molecule has 19 heavy (non-hydrogen) atoms. The Bertz CT molecular complexity index is 517. The van der Waals surface area contributed by atoms with Crippen LogP contribution in [0.1, 0.15) is 11.1 Å². The van der Waals surface area contributed by atoms with E-state index in [-0.39, 0.29) is 5.82 Å². The van der Waals surface area contributed by atoms with Gasteiger partial charge in [0.1, 0.15) is 11.6 Å². The van der Waals surface area contributed by atoms with E-state index < -0.39 is 0 Å². The minimum Gasteiger partial charge on any atom is -0.493 e. The van der Waals surface area contributed by atoms with Crippen LogP contribution in [0.3, 0.4) is 0 Å². The number of rotatable bonds is 6. The van der Waals surface area contributed by atoms with Crippen LogP contribution in [-0.2, 0) is 13.0 Å². The van der Waals surface area contributed by atoms with E-state index in [1.165, 1.54) is 12.1 Å². The summed E-state index contributed by atoms with van der Waals surface area (Å²) >= 11 is 0. The fraction of sp³-hybridized carbons (Fsp3) is 0.267. The zero-order valence-corrected chi connectivity index (χ0v) is 10.9. The zero-order chi connectivity index (χ0) is 13.5. The Kier molecular flexibility index (Phi) is 4.86. The second kappa shape index (κ2) is 6.85. The van der Waals surface area contributed by atoms with Crippen molar-refractivity contribution in [3.63, 3.8) is 0 Å². The number of hydrogen-bond acceptors (Lipinski definition) is 3. The number of pyridine rings is 1. The Hall–Kier alpha value is -1.94. The van der Waals surface area contributed by atoms with Crippen molar-refractivity contribution in [1.29, 1.82) is 0 Å². The number of hydrogen-bond donors (Lipinski definition) is 1. The predicted molar refractivity (Wildman–Crippen MR) is 72.6 cm³/mol. The van der Waals surface area contributed by atoms with E-state index in [4.69, 9.17) is 4.74 Å². The van der Waals surface area contributed by atoms with E-state index >= 15 is 0 Å². The second-order valence-corrected chi connectivity index (χ2v) is 4.29. The summed E-state index contributed by atoms with van der Waals surface area (Å²) in [4.78, 5) is 4.04. The molecule has 0 aliphatic heterocycles.